The molecule has 0 heterocycles. The highest BCUT2D eigenvalue weighted by Gasteiger charge is 2.08. The molecule has 0 aliphatic rings. The lowest BCUT2D eigenvalue weighted by Crippen LogP contribution is -2.07. The van der Waals surface area contributed by atoms with Crippen molar-refractivity contribution < 1.29 is 13.9 Å². The smallest absolute Gasteiger partial charge is 0.126 e. The molecule has 0 saturated carbocycles. The number of hydrogen-bond acceptors (Lipinski definition) is 1. The molecule has 1 unspecified atom stereocenters. The van der Waals surface area contributed by atoms with Gasteiger partial charge < -0.3 is 5.11 Å². The molecule has 1 aromatic carbocycles. The van der Waals surface area contributed by atoms with Gasteiger partial charge in [0.1, 0.15) is 12.0 Å². The predicted octanol–water partition coefficient (Wildman–Crippen LogP) is 2.85. The summed E-state index contributed by atoms with van der Waals surface area (Å²) in [5, 5.41) is 8.46. The van der Waals surface area contributed by atoms with Crippen LogP contribution < -0.4 is 0 Å². The molecule has 1 N–H and O–H groups in total. The van der Waals surface area contributed by atoms with Crippen LogP contribution in [-0.4, -0.2) is 17.9 Å². The monoisotopic (exact) mass is 264 g/mol. The molecule has 0 fully saturated rings. The third-order valence-corrected chi connectivity index (χ3v) is 2.43. The van der Waals surface area contributed by atoms with E-state index >= 15 is 0 Å². The van der Waals surface area contributed by atoms with Gasteiger partial charge in [-0.3, -0.25) is 0 Å². The minimum Gasteiger partial charge on any atom is -0.393 e. The molecule has 0 saturated heterocycles. The van der Waals surface area contributed by atoms with Crippen LogP contribution in [0.1, 0.15) is 12.0 Å². The van der Waals surface area contributed by atoms with Crippen LogP contribution in [-0.2, 0) is 6.42 Å². The summed E-state index contributed by atoms with van der Waals surface area (Å²) >= 11 is 3.21. The van der Waals surface area contributed by atoms with Crippen molar-refractivity contribution in [1.82, 2.24) is 0 Å². The minimum atomic E-state index is -1.27. The van der Waals surface area contributed by atoms with E-state index in [0.717, 1.165) is 4.47 Å². The number of aliphatic hydroxyl groups excluding tert-OH is 1. The Hall–Kier alpha value is -0.480. The normalized spacial score (nSPS) is 12.9. The fraction of sp³-hybridized carbons (Fsp3) is 0.400. The fourth-order valence-electron chi connectivity index (χ4n) is 1.14. The molecule has 0 aromatic heterocycles. The molecule has 0 bridgehead atoms. The van der Waals surface area contributed by atoms with E-state index in [-0.39, 0.29) is 12.2 Å². The SMILES string of the molecule is OCC(F)CCc1cc(Br)ccc1F. The standard InChI is InChI=1S/C10H11BrF2O/c11-8-2-4-10(13)7(5-8)1-3-9(12)6-14/h2,4-5,9,14H,1,3,6H2. The van der Waals surface area contributed by atoms with Gasteiger partial charge in [0.05, 0.1) is 6.61 Å². The third kappa shape index (κ3) is 3.35. The van der Waals surface area contributed by atoms with Crippen LogP contribution in [0.5, 0.6) is 0 Å². The molecular weight excluding hydrogens is 254 g/mol. The number of aryl methyl sites for hydroxylation is 1. The summed E-state index contributed by atoms with van der Waals surface area (Å²) in [4.78, 5) is 0. The molecule has 0 amide bonds. The van der Waals surface area contributed by atoms with Gasteiger partial charge in [0.15, 0.2) is 0 Å². The van der Waals surface area contributed by atoms with Gasteiger partial charge in [0.25, 0.3) is 0 Å². The summed E-state index contributed by atoms with van der Waals surface area (Å²) in [6, 6.07) is 4.56. The third-order valence-electron chi connectivity index (χ3n) is 1.93. The molecule has 14 heavy (non-hydrogen) atoms. The van der Waals surface area contributed by atoms with E-state index in [9.17, 15) is 8.78 Å². The largest absolute Gasteiger partial charge is 0.393 e. The number of aliphatic hydroxyl groups is 1. The molecule has 1 nitrogen and oxygen atoms in total. The molecule has 1 rings (SSSR count). The van der Waals surface area contributed by atoms with Gasteiger partial charge in [-0.1, -0.05) is 15.9 Å². The van der Waals surface area contributed by atoms with Crippen LogP contribution in [0.3, 0.4) is 0 Å². The fourth-order valence-corrected chi connectivity index (χ4v) is 1.55. The van der Waals surface area contributed by atoms with Crippen LogP contribution in [0.25, 0.3) is 0 Å². The number of benzene rings is 1. The van der Waals surface area contributed by atoms with E-state index in [4.69, 9.17) is 5.11 Å². The summed E-state index contributed by atoms with van der Waals surface area (Å²) < 4.78 is 26.6. The highest BCUT2D eigenvalue weighted by Crippen LogP contribution is 2.17. The van der Waals surface area contributed by atoms with Gasteiger partial charge in [0, 0.05) is 4.47 Å². The number of hydrogen-bond donors (Lipinski definition) is 1. The van der Waals surface area contributed by atoms with Crippen LogP contribution in [0.4, 0.5) is 8.78 Å². The van der Waals surface area contributed by atoms with E-state index in [2.05, 4.69) is 15.9 Å². The predicted molar refractivity (Wildman–Crippen MR) is 54.4 cm³/mol. The summed E-state index contributed by atoms with van der Waals surface area (Å²) in [6.45, 7) is -0.504. The first-order valence-corrected chi connectivity index (χ1v) is 5.11. The summed E-state index contributed by atoms with van der Waals surface area (Å²) in [5.74, 6) is -0.335. The molecule has 0 radical (unpaired) electrons. The van der Waals surface area contributed by atoms with Gasteiger partial charge in [0.2, 0.25) is 0 Å². The summed E-state index contributed by atoms with van der Waals surface area (Å²) in [7, 11) is 0. The van der Waals surface area contributed by atoms with Crippen molar-refractivity contribution in [2.75, 3.05) is 6.61 Å². The second kappa shape index (κ2) is 5.41. The Morgan fingerprint density at radius 1 is 1.43 bits per heavy atom. The van der Waals surface area contributed by atoms with E-state index in [1.807, 2.05) is 0 Å². The van der Waals surface area contributed by atoms with Crippen molar-refractivity contribution in [1.29, 1.82) is 0 Å². The first kappa shape index (κ1) is 11.6. The summed E-state index contributed by atoms with van der Waals surface area (Å²) in [5.41, 5.74) is 0.468. The molecule has 1 aromatic rings. The second-order valence-corrected chi connectivity index (χ2v) is 3.97. The Labute approximate surface area is 89.9 Å². The number of halogens is 3. The Morgan fingerprint density at radius 2 is 2.14 bits per heavy atom. The van der Waals surface area contributed by atoms with E-state index in [0.29, 0.717) is 12.0 Å². The van der Waals surface area contributed by atoms with Crippen molar-refractivity contribution in [2.24, 2.45) is 0 Å². The van der Waals surface area contributed by atoms with Gasteiger partial charge in [-0.15, -0.1) is 0 Å². The molecule has 1 atom stereocenters. The van der Waals surface area contributed by atoms with Crippen LogP contribution >= 0.6 is 15.9 Å². The van der Waals surface area contributed by atoms with Crippen molar-refractivity contribution in [3.63, 3.8) is 0 Å². The molecule has 78 valence electrons. The lowest BCUT2D eigenvalue weighted by molar-refractivity contribution is 0.170. The van der Waals surface area contributed by atoms with Gasteiger partial charge in [-0.05, 0) is 36.6 Å². The van der Waals surface area contributed by atoms with E-state index < -0.39 is 12.8 Å². The van der Waals surface area contributed by atoms with Gasteiger partial charge in [-0.2, -0.15) is 0 Å². The van der Waals surface area contributed by atoms with Crippen molar-refractivity contribution in [3.8, 4) is 0 Å². The molecule has 0 aliphatic heterocycles. The Balaban J connectivity index is 2.62. The average molecular weight is 265 g/mol. The molecule has 0 aliphatic carbocycles. The maximum Gasteiger partial charge on any atom is 0.126 e. The van der Waals surface area contributed by atoms with Crippen molar-refractivity contribution in [2.45, 2.75) is 19.0 Å². The zero-order valence-electron chi connectivity index (χ0n) is 7.51. The number of alkyl halides is 1. The number of rotatable bonds is 4. The van der Waals surface area contributed by atoms with Gasteiger partial charge in [-0.25, -0.2) is 8.78 Å². The summed E-state index contributed by atoms with van der Waals surface area (Å²) in [6.07, 6.45) is -0.829. The maximum atomic E-state index is 13.1. The topological polar surface area (TPSA) is 20.2 Å². The zero-order chi connectivity index (χ0) is 10.6. The van der Waals surface area contributed by atoms with Crippen LogP contribution in [0, 0.1) is 5.82 Å². The maximum absolute atomic E-state index is 13.1. The quantitative estimate of drug-likeness (QED) is 0.887. The molecule has 0 spiro atoms. The highest BCUT2D eigenvalue weighted by molar-refractivity contribution is 9.10. The Bertz CT molecular complexity index is 304. The lowest BCUT2D eigenvalue weighted by Gasteiger charge is -2.06. The van der Waals surface area contributed by atoms with Crippen molar-refractivity contribution in [3.05, 3.63) is 34.1 Å². The highest BCUT2D eigenvalue weighted by atomic mass is 79.9. The van der Waals surface area contributed by atoms with Crippen LogP contribution in [0.2, 0.25) is 0 Å². The first-order valence-electron chi connectivity index (χ1n) is 4.32. The Morgan fingerprint density at radius 3 is 2.79 bits per heavy atom. The first-order chi connectivity index (χ1) is 6.63. The Kier molecular flexibility index (Phi) is 4.48. The van der Waals surface area contributed by atoms with E-state index in [1.54, 1.807) is 12.1 Å². The van der Waals surface area contributed by atoms with Crippen molar-refractivity contribution >= 4 is 15.9 Å². The van der Waals surface area contributed by atoms with Crippen LogP contribution in [0.15, 0.2) is 22.7 Å². The van der Waals surface area contributed by atoms with E-state index in [1.165, 1.54) is 6.07 Å². The van der Waals surface area contributed by atoms with Gasteiger partial charge >= 0.3 is 0 Å². The second-order valence-electron chi connectivity index (χ2n) is 3.05. The molecular formula is C10H11BrF2O. The lowest BCUT2D eigenvalue weighted by atomic mass is 10.1. The average Bonchev–Trinajstić information content (AvgIpc) is 2.19. The minimum absolute atomic E-state index is 0.143. The molecule has 4 heteroatoms. The zero-order valence-corrected chi connectivity index (χ0v) is 9.10.